The van der Waals surface area contributed by atoms with Crippen LogP contribution in [0.5, 0.6) is 0 Å². The molecule has 0 unspecified atom stereocenters. The fourth-order valence-electron chi connectivity index (χ4n) is 3.16. The van der Waals surface area contributed by atoms with E-state index in [9.17, 15) is 4.79 Å². The van der Waals surface area contributed by atoms with Gasteiger partial charge in [-0.2, -0.15) is 0 Å². The van der Waals surface area contributed by atoms with Gasteiger partial charge in [0.2, 0.25) is 5.91 Å². The van der Waals surface area contributed by atoms with Crippen LogP contribution < -0.4 is 5.73 Å². The lowest BCUT2D eigenvalue weighted by Gasteiger charge is -2.40. The zero-order valence-electron chi connectivity index (χ0n) is 13.9. The smallest absolute Gasteiger partial charge is 0.230 e. The van der Waals surface area contributed by atoms with E-state index >= 15 is 0 Å². The Labute approximate surface area is 138 Å². The molecule has 2 heterocycles. The highest BCUT2D eigenvalue weighted by Gasteiger charge is 2.37. The second kappa shape index (κ2) is 8.09. The maximum Gasteiger partial charge on any atom is 0.230 e. The summed E-state index contributed by atoms with van der Waals surface area (Å²) < 4.78 is 0. The first-order valence-electron chi connectivity index (χ1n) is 8.39. The molecule has 1 aromatic heterocycles. The minimum atomic E-state index is -0.348. The number of nitrogens with two attached hydrogens (primary N) is 1. The molecule has 0 bridgehead atoms. The van der Waals surface area contributed by atoms with Crippen molar-refractivity contribution in [2.45, 2.75) is 33.1 Å². The molecule has 1 aliphatic heterocycles. The van der Waals surface area contributed by atoms with E-state index in [1.807, 2.05) is 16.2 Å². The van der Waals surface area contributed by atoms with Crippen LogP contribution in [0.4, 0.5) is 0 Å². The molecule has 1 fully saturated rings. The number of rotatable bonds is 7. The summed E-state index contributed by atoms with van der Waals surface area (Å²) in [5.74, 6) is 0.262. The van der Waals surface area contributed by atoms with E-state index in [0.717, 1.165) is 52.0 Å². The third kappa shape index (κ3) is 3.89. The van der Waals surface area contributed by atoms with E-state index < -0.39 is 0 Å². The second-order valence-corrected chi connectivity index (χ2v) is 7.19. The van der Waals surface area contributed by atoms with Gasteiger partial charge in [-0.15, -0.1) is 11.3 Å². The van der Waals surface area contributed by atoms with Crippen LogP contribution in [0.1, 0.15) is 31.6 Å². The van der Waals surface area contributed by atoms with Crippen molar-refractivity contribution in [3.8, 4) is 0 Å². The van der Waals surface area contributed by atoms with Crippen LogP contribution in [0, 0.1) is 5.41 Å². The lowest BCUT2D eigenvalue weighted by Crippen LogP contribution is -2.54. The Balaban J connectivity index is 1.82. The van der Waals surface area contributed by atoms with E-state index in [0.29, 0.717) is 6.54 Å². The molecule has 1 aromatic rings. The molecule has 1 aliphatic rings. The van der Waals surface area contributed by atoms with Gasteiger partial charge < -0.3 is 10.6 Å². The predicted molar refractivity (Wildman–Crippen MR) is 93.1 cm³/mol. The molecule has 0 radical (unpaired) electrons. The molecule has 22 heavy (non-hydrogen) atoms. The summed E-state index contributed by atoms with van der Waals surface area (Å²) in [6.45, 7) is 9.33. The number of thiophene rings is 1. The number of hydrogen-bond acceptors (Lipinski definition) is 4. The predicted octanol–water partition coefficient (Wildman–Crippen LogP) is 2.20. The highest BCUT2D eigenvalue weighted by molar-refractivity contribution is 7.09. The SMILES string of the molecule is CCC(CC)(CN)C(=O)N1CCN(CCc2cccs2)CC1. The molecule has 2 N–H and O–H groups in total. The molecule has 124 valence electrons. The maximum atomic E-state index is 12.8. The zero-order chi connectivity index (χ0) is 16.0. The highest BCUT2D eigenvalue weighted by Crippen LogP contribution is 2.28. The van der Waals surface area contributed by atoms with E-state index in [2.05, 4.69) is 36.3 Å². The number of carbonyl (C=O) groups is 1. The van der Waals surface area contributed by atoms with Crippen molar-refractivity contribution < 1.29 is 4.79 Å². The van der Waals surface area contributed by atoms with Crippen LogP contribution in [0.2, 0.25) is 0 Å². The molecule has 5 heteroatoms. The van der Waals surface area contributed by atoms with Crippen LogP contribution in [-0.4, -0.2) is 55.0 Å². The molecular weight excluding hydrogens is 294 g/mol. The van der Waals surface area contributed by atoms with Crippen molar-refractivity contribution in [2.24, 2.45) is 11.1 Å². The van der Waals surface area contributed by atoms with E-state index in [1.165, 1.54) is 4.88 Å². The van der Waals surface area contributed by atoms with Gasteiger partial charge in [-0.3, -0.25) is 9.69 Å². The Morgan fingerprint density at radius 1 is 1.27 bits per heavy atom. The van der Waals surface area contributed by atoms with Crippen molar-refractivity contribution >= 4 is 17.2 Å². The molecule has 1 saturated heterocycles. The van der Waals surface area contributed by atoms with Gasteiger partial charge in [-0.05, 0) is 30.7 Å². The summed E-state index contributed by atoms with van der Waals surface area (Å²) in [6.07, 6.45) is 2.77. The Kier molecular flexibility index (Phi) is 6.41. The summed E-state index contributed by atoms with van der Waals surface area (Å²) >= 11 is 1.82. The van der Waals surface area contributed by atoms with Gasteiger partial charge >= 0.3 is 0 Å². The molecule has 0 spiro atoms. The standard InChI is InChI=1S/C17H29N3OS/c1-3-17(4-2,14-18)16(21)20-11-9-19(10-12-20)8-7-15-6-5-13-22-15/h5-6,13H,3-4,7-12,14,18H2,1-2H3. The van der Waals surface area contributed by atoms with Crippen LogP contribution in [0.25, 0.3) is 0 Å². The average molecular weight is 324 g/mol. The quantitative estimate of drug-likeness (QED) is 0.837. The molecular formula is C17H29N3OS. The Hall–Kier alpha value is -0.910. The minimum absolute atomic E-state index is 0.262. The number of carbonyl (C=O) groups excluding carboxylic acids is 1. The summed E-state index contributed by atoms with van der Waals surface area (Å²) in [7, 11) is 0. The zero-order valence-corrected chi connectivity index (χ0v) is 14.7. The van der Waals surface area contributed by atoms with Gasteiger partial charge in [0.25, 0.3) is 0 Å². The fourth-order valence-corrected chi connectivity index (χ4v) is 3.86. The van der Waals surface area contributed by atoms with E-state index in [-0.39, 0.29) is 11.3 Å². The molecule has 0 atom stereocenters. The van der Waals surface area contributed by atoms with E-state index in [4.69, 9.17) is 5.73 Å². The van der Waals surface area contributed by atoms with Gasteiger partial charge in [0.15, 0.2) is 0 Å². The lowest BCUT2D eigenvalue weighted by atomic mass is 9.81. The molecule has 0 saturated carbocycles. The molecule has 1 amide bonds. The van der Waals surface area contributed by atoms with Crippen LogP contribution in [-0.2, 0) is 11.2 Å². The lowest BCUT2D eigenvalue weighted by molar-refractivity contribution is -0.144. The summed E-state index contributed by atoms with van der Waals surface area (Å²) in [6, 6.07) is 4.31. The van der Waals surface area contributed by atoms with Crippen LogP contribution in [0.3, 0.4) is 0 Å². The fraction of sp³-hybridized carbons (Fsp3) is 0.706. The van der Waals surface area contributed by atoms with Crippen molar-refractivity contribution in [1.82, 2.24) is 9.80 Å². The second-order valence-electron chi connectivity index (χ2n) is 6.15. The molecule has 0 aliphatic carbocycles. The van der Waals surface area contributed by atoms with Crippen molar-refractivity contribution in [3.63, 3.8) is 0 Å². The van der Waals surface area contributed by atoms with Crippen LogP contribution >= 0.6 is 11.3 Å². The summed E-state index contributed by atoms with van der Waals surface area (Å²) in [5, 5.41) is 2.13. The number of hydrogen-bond donors (Lipinski definition) is 1. The Morgan fingerprint density at radius 2 is 1.95 bits per heavy atom. The number of piperazine rings is 1. The maximum absolute atomic E-state index is 12.8. The summed E-state index contributed by atoms with van der Waals surface area (Å²) in [4.78, 5) is 18.7. The number of nitrogens with zero attached hydrogens (tertiary/aromatic N) is 2. The molecule has 0 aromatic carbocycles. The first kappa shape index (κ1) is 17.4. The number of amides is 1. The first-order chi connectivity index (χ1) is 10.6. The Morgan fingerprint density at radius 3 is 2.45 bits per heavy atom. The van der Waals surface area contributed by atoms with Gasteiger partial charge in [0, 0.05) is 44.1 Å². The topological polar surface area (TPSA) is 49.6 Å². The van der Waals surface area contributed by atoms with Gasteiger partial charge in [-0.25, -0.2) is 0 Å². The van der Waals surface area contributed by atoms with E-state index in [1.54, 1.807) is 0 Å². The van der Waals surface area contributed by atoms with Crippen LogP contribution in [0.15, 0.2) is 17.5 Å². The molecule has 4 nitrogen and oxygen atoms in total. The van der Waals surface area contributed by atoms with Crippen molar-refractivity contribution in [3.05, 3.63) is 22.4 Å². The highest BCUT2D eigenvalue weighted by atomic mass is 32.1. The minimum Gasteiger partial charge on any atom is -0.340 e. The molecule has 2 rings (SSSR count). The van der Waals surface area contributed by atoms with Gasteiger partial charge in [0.05, 0.1) is 5.41 Å². The summed E-state index contributed by atoms with van der Waals surface area (Å²) in [5.41, 5.74) is 5.56. The van der Waals surface area contributed by atoms with Gasteiger partial charge in [0.1, 0.15) is 0 Å². The van der Waals surface area contributed by atoms with Gasteiger partial charge in [-0.1, -0.05) is 19.9 Å². The van der Waals surface area contributed by atoms with Crippen molar-refractivity contribution in [1.29, 1.82) is 0 Å². The third-order valence-corrected chi connectivity index (χ3v) is 6.05. The normalized spacial score (nSPS) is 17.0. The first-order valence-corrected chi connectivity index (χ1v) is 9.27. The average Bonchev–Trinajstić information content (AvgIpc) is 3.09. The monoisotopic (exact) mass is 323 g/mol. The Bertz CT molecular complexity index is 440. The third-order valence-electron chi connectivity index (χ3n) is 5.11. The van der Waals surface area contributed by atoms with Crippen molar-refractivity contribution in [2.75, 3.05) is 39.3 Å². The largest absolute Gasteiger partial charge is 0.340 e.